The van der Waals surface area contributed by atoms with Gasteiger partial charge in [-0.1, -0.05) is 30.3 Å². The smallest absolute Gasteiger partial charge is 0.297 e. The van der Waals surface area contributed by atoms with Crippen molar-refractivity contribution in [3.63, 3.8) is 0 Å². The second-order valence-corrected chi connectivity index (χ2v) is 7.93. The minimum atomic E-state index is -0.248. The van der Waals surface area contributed by atoms with Crippen molar-refractivity contribution in [2.75, 3.05) is 0 Å². The number of hydrogen-bond acceptors (Lipinski definition) is 5. The predicted molar refractivity (Wildman–Crippen MR) is 106 cm³/mol. The molecule has 0 amide bonds. The maximum Gasteiger partial charge on any atom is 0.297 e. The zero-order valence-electron chi connectivity index (χ0n) is 15.9. The summed E-state index contributed by atoms with van der Waals surface area (Å²) < 4.78 is 13.4. The van der Waals surface area contributed by atoms with E-state index in [1.807, 2.05) is 38.1 Å². The Bertz CT molecular complexity index is 1240. The molecule has 0 radical (unpaired) electrons. The average molecular weight is 375 g/mol. The molecule has 1 aromatic carbocycles. The highest BCUT2D eigenvalue weighted by atomic mass is 16.5. The SMILES string of the molecule is CC1(C)Cc2nc3oc4c(=O)n(CCc5ccccc5)cnc4c3cc2CO1. The maximum absolute atomic E-state index is 12.9. The van der Waals surface area contributed by atoms with Gasteiger partial charge >= 0.3 is 0 Å². The topological polar surface area (TPSA) is 70.2 Å². The maximum atomic E-state index is 12.9. The fourth-order valence-corrected chi connectivity index (χ4v) is 3.73. The van der Waals surface area contributed by atoms with E-state index in [9.17, 15) is 4.79 Å². The molecule has 142 valence electrons. The van der Waals surface area contributed by atoms with Crippen LogP contribution in [-0.2, 0) is 30.7 Å². The van der Waals surface area contributed by atoms with Crippen LogP contribution < -0.4 is 5.56 Å². The molecule has 6 nitrogen and oxygen atoms in total. The summed E-state index contributed by atoms with van der Waals surface area (Å²) >= 11 is 0. The van der Waals surface area contributed by atoms with Crippen molar-refractivity contribution in [2.24, 2.45) is 0 Å². The Morgan fingerprint density at radius 2 is 2.04 bits per heavy atom. The van der Waals surface area contributed by atoms with E-state index in [-0.39, 0.29) is 16.7 Å². The molecular formula is C22H21N3O3. The first-order valence-electron chi connectivity index (χ1n) is 9.48. The van der Waals surface area contributed by atoms with Crippen molar-refractivity contribution in [1.29, 1.82) is 0 Å². The Balaban J connectivity index is 1.55. The molecule has 0 fully saturated rings. The molecule has 0 spiro atoms. The van der Waals surface area contributed by atoms with E-state index < -0.39 is 0 Å². The molecule has 0 N–H and O–H groups in total. The van der Waals surface area contributed by atoms with Gasteiger partial charge in [0.05, 0.1) is 29.6 Å². The summed E-state index contributed by atoms with van der Waals surface area (Å²) in [5.74, 6) is 0. The zero-order chi connectivity index (χ0) is 19.3. The quantitative estimate of drug-likeness (QED) is 0.547. The number of furan rings is 1. The number of fused-ring (bicyclic) bond motifs is 4. The Labute approximate surface area is 161 Å². The van der Waals surface area contributed by atoms with E-state index in [0.29, 0.717) is 30.8 Å². The van der Waals surface area contributed by atoms with Crippen molar-refractivity contribution in [2.45, 2.75) is 45.4 Å². The van der Waals surface area contributed by atoms with Crippen LogP contribution in [0.2, 0.25) is 0 Å². The van der Waals surface area contributed by atoms with E-state index in [4.69, 9.17) is 9.15 Å². The van der Waals surface area contributed by atoms with Gasteiger partial charge in [-0.05, 0) is 31.9 Å². The summed E-state index contributed by atoms with van der Waals surface area (Å²) in [6, 6.07) is 12.1. The van der Waals surface area contributed by atoms with E-state index in [1.165, 1.54) is 5.56 Å². The molecule has 4 aromatic rings. The van der Waals surface area contributed by atoms with Gasteiger partial charge in [0.1, 0.15) is 5.52 Å². The molecule has 1 aliphatic heterocycles. The fraction of sp³-hybridized carbons (Fsp3) is 0.318. The van der Waals surface area contributed by atoms with Gasteiger partial charge in [-0.25, -0.2) is 9.97 Å². The molecule has 0 saturated heterocycles. The van der Waals surface area contributed by atoms with Crippen LogP contribution in [0.25, 0.3) is 22.2 Å². The molecule has 0 unspecified atom stereocenters. The van der Waals surface area contributed by atoms with Crippen LogP contribution in [0.1, 0.15) is 30.7 Å². The Hall–Kier alpha value is -2.99. The fourth-order valence-electron chi connectivity index (χ4n) is 3.73. The van der Waals surface area contributed by atoms with E-state index in [0.717, 1.165) is 23.1 Å². The predicted octanol–water partition coefficient (Wildman–Crippen LogP) is 3.63. The standard InChI is InChI=1S/C22H21N3O3/c1-22(2)11-17-15(12-27-22)10-16-18-19(28-20(16)24-17)21(26)25(13-23-18)9-8-14-6-4-3-5-7-14/h3-7,10,13H,8-9,11-12H2,1-2H3. The molecule has 0 bridgehead atoms. The van der Waals surface area contributed by atoms with Crippen molar-refractivity contribution >= 4 is 22.2 Å². The van der Waals surface area contributed by atoms with Crippen molar-refractivity contribution in [3.8, 4) is 0 Å². The van der Waals surface area contributed by atoms with Crippen LogP contribution >= 0.6 is 0 Å². The molecule has 1 aliphatic rings. The largest absolute Gasteiger partial charge is 0.430 e. The summed E-state index contributed by atoms with van der Waals surface area (Å²) in [5.41, 5.74) is 4.05. The highest BCUT2D eigenvalue weighted by molar-refractivity contribution is 6.00. The average Bonchev–Trinajstić information content (AvgIpc) is 3.04. The van der Waals surface area contributed by atoms with E-state index in [1.54, 1.807) is 10.9 Å². The number of rotatable bonds is 3. The third-order valence-corrected chi connectivity index (χ3v) is 5.30. The summed E-state index contributed by atoms with van der Waals surface area (Å²) in [6.07, 6.45) is 3.07. The lowest BCUT2D eigenvalue weighted by atomic mass is 9.95. The lowest BCUT2D eigenvalue weighted by molar-refractivity contribution is -0.0411. The second kappa shape index (κ2) is 6.27. The van der Waals surface area contributed by atoms with Gasteiger partial charge in [0.25, 0.3) is 5.56 Å². The zero-order valence-corrected chi connectivity index (χ0v) is 15.9. The van der Waals surface area contributed by atoms with Gasteiger partial charge < -0.3 is 9.15 Å². The van der Waals surface area contributed by atoms with E-state index in [2.05, 4.69) is 22.1 Å². The number of aromatic nitrogens is 3. The minimum absolute atomic E-state index is 0.173. The second-order valence-electron chi connectivity index (χ2n) is 7.93. The normalized spacial score (nSPS) is 15.8. The molecular weight excluding hydrogens is 354 g/mol. The monoisotopic (exact) mass is 375 g/mol. The molecule has 4 heterocycles. The summed E-state index contributed by atoms with van der Waals surface area (Å²) in [5, 5.41) is 0.768. The molecule has 0 saturated carbocycles. The first-order valence-corrected chi connectivity index (χ1v) is 9.48. The van der Waals surface area contributed by atoms with Gasteiger partial charge in [-0.2, -0.15) is 0 Å². The first kappa shape index (κ1) is 17.1. The number of aryl methyl sites for hydroxylation is 2. The highest BCUT2D eigenvalue weighted by Crippen LogP contribution is 2.31. The van der Waals surface area contributed by atoms with Gasteiger partial charge in [-0.15, -0.1) is 0 Å². The third kappa shape index (κ3) is 2.90. The van der Waals surface area contributed by atoms with E-state index >= 15 is 0 Å². The molecule has 0 aliphatic carbocycles. The number of nitrogens with zero attached hydrogens (tertiary/aromatic N) is 3. The summed E-state index contributed by atoms with van der Waals surface area (Å²) in [4.78, 5) is 22.1. The van der Waals surface area contributed by atoms with Crippen molar-refractivity contribution in [1.82, 2.24) is 14.5 Å². The lowest BCUT2D eigenvalue weighted by Crippen LogP contribution is -2.32. The highest BCUT2D eigenvalue weighted by Gasteiger charge is 2.28. The van der Waals surface area contributed by atoms with Gasteiger partial charge in [-0.3, -0.25) is 9.36 Å². The van der Waals surface area contributed by atoms with Gasteiger partial charge in [0.2, 0.25) is 11.3 Å². The van der Waals surface area contributed by atoms with Crippen LogP contribution in [0, 0.1) is 0 Å². The molecule has 28 heavy (non-hydrogen) atoms. The van der Waals surface area contributed by atoms with Crippen LogP contribution in [0.5, 0.6) is 0 Å². The van der Waals surface area contributed by atoms with Crippen molar-refractivity contribution < 1.29 is 9.15 Å². The van der Waals surface area contributed by atoms with Crippen LogP contribution in [0.15, 0.2) is 51.9 Å². The number of ether oxygens (including phenoxy) is 1. The lowest BCUT2D eigenvalue weighted by Gasteiger charge is -2.30. The number of hydrogen-bond donors (Lipinski definition) is 0. The van der Waals surface area contributed by atoms with Gasteiger partial charge in [0, 0.05) is 18.5 Å². The van der Waals surface area contributed by atoms with Crippen LogP contribution in [-0.4, -0.2) is 20.1 Å². The Morgan fingerprint density at radius 1 is 1.21 bits per heavy atom. The first-order chi connectivity index (χ1) is 13.5. The molecule has 6 heteroatoms. The molecule has 5 rings (SSSR count). The summed E-state index contributed by atoms with van der Waals surface area (Å²) in [6.45, 7) is 5.15. The summed E-state index contributed by atoms with van der Waals surface area (Å²) in [7, 11) is 0. The number of benzene rings is 1. The van der Waals surface area contributed by atoms with Gasteiger partial charge in [0.15, 0.2) is 0 Å². The molecule has 0 atom stereocenters. The van der Waals surface area contributed by atoms with Crippen molar-refractivity contribution in [3.05, 3.63) is 69.9 Å². The Kier molecular flexibility index (Phi) is 3.84. The third-order valence-electron chi connectivity index (χ3n) is 5.30. The Morgan fingerprint density at radius 3 is 2.86 bits per heavy atom. The van der Waals surface area contributed by atoms with Crippen LogP contribution in [0.4, 0.5) is 0 Å². The molecule has 3 aromatic heterocycles. The minimum Gasteiger partial charge on any atom is -0.430 e. The van der Waals surface area contributed by atoms with Crippen LogP contribution in [0.3, 0.4) is 0 Å². The number of pyridine rings is 1.